The summed E-state index contributed by atoms with van der Waals surface area (Å²) >= 11 is 0. The van der Waals surface area contributed by atoms with Crippen LogP contribution < -0.4 is 0 Å². The van der Waals surface area contributed by atoms with Crippen molar-refractivity contribution in [1.82, 2.24) is 4.98 Å². The van der Waals surface area contributed by atoms with Crippen molar-refractivity contribution in [2.75, 3.05) is 0 Å². The van der Waals surface area contributed by atoms with Crippen LogP contribution in [0.25, 0.3) is 11.5 Å². The Morgan fingerprint density at radius 3 is 2.46 bits per heavy atom. The average molecular weight is 379 g/mol. The predicted molar refractivity (Wildman–Crippen MR) is 93.7 cm³/mol. The smallest absolute Gasteiger partial charge is 0.416 e. The second-order valence-electron chi connectivity index (χ2n) is 5.81. The van der Waals surface area contributed by atoms with Gasteiger partial charge in [-0.25, -0.2) is 4.98 Å². The Morgan fingerprint density at radius 1 is 1.04 bits per heavy atom. The highest BCUT2D eigenvalue weighted by Crippen LogP contribution is 2.30. The number of rotatable bonds is 5. The molecule has 136 valence electrons. The van der Waals surface area contributed by atoms with Crippen molar-refractivity contribution in [1.29, 1.82) is 0 Å². The zero-order chi connectivity index (χ0) is 18.7. The summed E-state index contributed by atoms with van der Waals surface area (Å²) in [6.45, 7) is 1.73. The maximum absolute atomic E-state index is 12.8. The lowest BCUT2D eigenvalue weighted by molar-refractivity contribution is -0.137. The molecule has 1 atom stereocenters. The van der Waals surface area contributed by atoms with Gasteiger partial charge in [0.2, 0.25) is 5.89 Å². The molecule has 0 aliphatic carbocycles. The standard InChI is InChI=1S/C19H16F3NO2S/c1-13-17(23-18(25-13)15-7-3-2-4-8-15)12-26(24)11-14-6-5-9-16(10-14)19(20,21)22/h2-10H,11-12H2,1H3. The van der Waals surface area contributed by atoms with E-state index in [0.29, 0.717) is 22.9 Å². The predicted octanol–water partition coefficient (Wildman–Crippen LogP) is 5.12. The van der Waals surface area contributed by atoms with Crippen molar-refractivity contribution in [3.63, 3.8) is 0 Å². The summed E-state index contributed by atoms with van der Waals surface area (Å²) in [6.07, 6.45) is -4.41. The molecule has 0 saturated heterocycles. The van der Waals surface area contributed by atoms with Gasteiger partial charge in [0, 0.05) is 22.1 Å². The van der Waals surface area contributed by atoms with E-state index in [1.54, 1.807) is 6.92 Å². The summed E-state index contributed by atoms with van der Waals surface area (Å²) in [6, 6.07) is 14.2. The van der Waals surface area contributed by atoms with Gasteiger partial charge < -0.3 is 4.42 Å². The molecule has 3 aromatic rings. The van der Waals surface area contributed by atoms with Gasteiger partial charge in [-0.3, -0.25) is 4.21 Å². The van der Waals surface area contributed by atoms with Gasteiger partial charge in [-0.2, -0.15) is 13.2 Å². The monoisotopic (exact) mass is 379 g/mol. The lowest BCUT2D eigenvalue weighted by Crippen LogP contribution is -2.06. The van der Waals surface area contributed by atoms with E-state index in [-0.39, 0.29) is 11.5 Å². The van der Waals surface area contributed by atoms with Crippen LogP contribution >= 0.6 is 0 Å². The third-order valence-corrected chi connectivity index (χ3v) is 5.04. The summed E-state index contributed by atoms with van der Waals surface area (Å²) in [5.41, 5.74) is 0.998. The Labute approximate surface area is 151 Å². The number of alkyl halides is 3. The van der Waals surface area contributed by atoms with E-state index in [0.717, 1.165) is 17.7 Å². The van der Waals surface area contributed by atoms with Crippen molar-refractivity contribution in [2.24, 2.45) is 0 Å². The van der Waals surface area contributed by atoms with Crippen molar-refractivity contribution < 1.29 is 21.8 Å². The number of hydrogen-bond acceptors (Lipinski definition) is 3. The molecule has 1 heterocycles. The molecule has 0 aliphatic heterocycles. The molecule has 7 heteroatoms. The molecule has 2 aromatic carbocycles. The molecular weight excluding hydrogens is 363 g/mol. The molecule has 0 fully saturated rings. The van der Waals surface area contributed by atoms with Crippen molar-refractivity contribution in [3.05, 3.63) is 77.2 Å². The van der Waals surface area contributed by atoms with Crippen molar-refractivity contribution in [3.8, 4) is 11.5 Å². The largest absolute Gasteiger partial charge is 0.441 e. The Balaban J connectivity index is 1.72. The van der Waals surface area contributed by atoms with Gasteiger partial charge in [-0.15, -0.1) is 0 Å². The number of halogens is 3. The zero-order valence-electron chi connectivity index (χ0n) is 13.9. The Morgan fingerprint density at radius 2 is 1.77 bits per heavy atom. The van der Waals surface area contributed by atoms with Crippen LogP contribution in [0.5, 0.6) is 0 Å². The first kappa shape index (κ1) is 18.4. The third kappa shape index (κ3) is 4.40. The minimum atomic E-state index is -4.41. The molecule has 0 radical (unpaired) electrons. The summed E-state index contributed by atoms with van der Waals surface area (Å²) in [5, 5.41) is 0. The molecule has 0 N–H and O–H groups in total. The van der Waals surface area contributed by atoms with Crippen LogP contribution in [0.15, 0.2) is 59.0 Å². The van der Waals surface area contributed by atoms with Gasteiger partial charge in [0.25, 0.3) is 0 Å². The van der Waals surface area contributed by atoms with Gasteiger partial charge in [0.05, 0.1) is 17.0 Å². The van der Waals surface area contributed by atoms with Crippen LogP contribution in [-0.4, -0.2) is 9.19 Å². The van der Waals surface area contributed by atoms with Crippen LogP contribution in [0.2, 0.25) is 0 Å². The van der Waals surface area contributed by atoms with Crippen LogP contribution in [-0.2, 0) is 28.5 Å². The van der Waals surface area contributed by atoms with Gasteiger partial charge in [0.15, 0.2) is 0 Å². The molecule has 0 spiro atoms. The SMILES string of the molecule is Cc1oc(-c2ccccc2)nc1CS(=O)Cc1cccc(C(F)(F)F)c1. The third-order valence-electron chi connectivity index (χ3n) is 3.79. The lowest BCUT2D eigenvalue weighted by atomic mass is 10.1. The van der Waals surface area contributed by atoms with Crippen LogP contribution in [0.3, 0.4) is 0 Å². The Kier molecular flexibility index (Phi) is 5.27. The van der Waals surface area contributed by atoms with E-state index >= 15 is 0 Å². The summed E-state index contributed by atoms with van der Waals surface area (Å²) in [7, 11) is -1.40. The number of benzene rings is 2. The van der Waals surface area contributed by atoms with E-state index in [2.05, 4.69) is 4.98 Å². The lowest BCUT2D eigenvalue weighted by Gasteiger charge is -2.08. The first-order valence-electron chi connectivity index (χ1n) is 7.86. The van der Waals surface area contributed by atoms with Gasteiger partial charge in [0.1, 0.15) is 5.76 Å². The maximum atomic E-state index is 12.8. The highest BCUT2D eigenvalue weighted by molar-refractivity contribution is 7.83. The summed E-state index contributed by atoms with van der Waals surface area (Å²) < 4.78 is 56.3. The molecule has 1 unspecified atom stereocenters. The van der Waals surface area contributed by atoms with Gasteiger partial charge >= 0.3 is 6.18 Å². The summed E-state index contributed by atoms with van der Waals surface area (Å²) in [5.74, 6) is 1.14. The number of aryl methyl sites for hydroxylation is 1. The van der Waals surface area contributed by atoms with Gasteiger partial charge in [-0.05, 0) is 30.7 Å². The minimum Gasteiger partial charge on any atom is -0.441 e. The van der Waals surface area contributed by atoms with Crippen LogP contribution in [0, 0.1) is 6.92 Å². The molecule has 1 aromatic heterocycles. The van der Waals surface area contributed by atoms with Crippen molar-refractivity contribution in [2.45, 2.75) is 24.6 Å². The second-order valence-corrected chi connectivity index (χ2v) is 7.27. The first-order valence-corrected chi connectivity index (χ1v) is 9.34. The van der Waals surface area contributed by atoms with E-state index in [1.165, 1.54) is 12.1 Å². The Hall–Kier alpha value is -2.41. The topological polar surface area (TPSA) is 43.1 Å². The quantitative estimate of drug-likeness (QED) is 0.618. The van der Waals surface area contributed by atoms with Crippen LogP contribution in [0.1, 0.15) is 22.6 Å². The molecule has 0 saturated carbocycles. The normalized spacial score (nSPS) is 12.9. The molecule has 3 rings (SSSR count). The number of oxazole rings is 1. The maximum Gasteiger partial charge on any atom is 0.416 e. The highest BCUT2D eigenvalue weighted by atomic mass is 32.2. The fourth-order valence-electron chi connectivity index (χ4n) is 2.49. The molecular formula is C19H16F3NO2S. The summed E-state index contributed by atoms with van der Waals surface area (Å²) in [4.78, 5) is 4.38. The van der Waals surface area contributed by atoms with E-state index in [4.69, 9.17) is 4.42 Å². The van der Waals surface area contributed by atoms with E-state index < -0.39 is 22.5 Å². The number of hydrogen-bond donors (Lipinski definition) is 0. The number of aromatic nitrogens is 1. The Bertz CT molecular complexity index is 920. The molecule has 0 aliphatic rings. The molecule has 3 nitrogen and oxygen atoms in total. The van der Waals surface area contributed by atoms with E-state index in [9.17, 15) is 17.4 Å². The van der Waals surface area contributed by atoms with E-state index in [1.807, 2.05) is 30.3 Å². The average Bonchev–Trinajstić information content (AvgIpc) is 2.96. The number of nitrogens with zero attached hydrogens (tertiary/aromatic N) is 1. The fourth-order valence-corrected chi connectivity index (χ4v) is 3.72. The second kappa shape index (κ2) is 7.45. The fraction of sp³-hybridized carbons (Fsp3) is 0.211. The van der Waals surface area contributed by atoms with Crippen molar-refractivity contribution >= 4 is 10.8 Å². The molecule has 0 amide bonds. The molecule has 26 heavy (non-hydrogen) atoms. The van der Waals surface area contributed by atoms with Crippen LogP contribution in [0.4, 0.5) is 13.2 Å². The highest BCUT2D eigenvalue weighted by Gasteiger charge is 2.30. The van der Waals surface area contributed by atoms with Gasteiger partial charge in [-0.1, -0.05) is 36.4 Å². The zero-order valence-corrected chi connectivity index (χ0v) is 14.7. The molecule has 0 bridgehead atoms. The first-order chi connectivity index (χ1) is 12.3. The minimum absolute atomic E-state index is 0.0247.